The molecule has 0 aromatic carbocycles. The number of methoxy groups -OCH3 is 2. The lowest BCUT2D eigenvalue weighted by Crippen LogP contribution is -2.10. The molecule has 0 unspecified atom stereocenters. The Morgan fingerprint density at radius 1 is 1.53 bits per heavy atom. The van der Waals surface area contributed by atoms with Crippen LogP contribution >= 0.6 is 0 Å². The summed E-state index contributed by atoms with van der Waals surface area (Å²) < 4.78 is 34.3. The van der Waals surface area contributed by atoms with E-state index in [1.807, 2.05) is 0 Å². The lowest BCUT2D eigenvalue weighted by atomic mass is 10.1. The van der Waals surface area contributed by atoms with Gasteiger partial charge in [0.15, 0.2) is 0 Å². The standard InChI is InChI=1S/C10H10F2N2O5/c1-18-8(15)4-6-7(14(16)17)3-5(9(11)12)10(13-6)19-2/h3,9H,4H2,1-2H3. The molecule has 1 heterocycles. The van der Waals surface area contributed by atoms with Crippen molar-refractivity contribution in [3.8, 4) is 5.88 Å². The summed E-state index contributed by atoms with van der Waals surface area (Å²) in [5, 5.41) is 10.8. The quantitative estimate of drug-likeness (QED) is 0.461. The molecular formula is C10H10F2N2O5. The van der Waals surface area contributed by atoms with Crippen LogP contribution in [-0.2, 0) is 16.0 Å². The molecule has 0 bridgehead atoms. The Bertz CT molecular complexity index is 507. The highest BCUT2D eigenvalue weighted by Crippen LogP contribution is 2.32. The third-order valence-electron chi connectivity index (χ3n) is 2.24. The summed E-state index contributed by atoms with van der Waals surface area (Å²) in [7, 11) is 2.20. The Morgan fingerprint density at radius 2 is 2.16 bits per heavy atom. The maximum atomic E-state index is 12.7. The van der Waals surface area contributed by atoms with Crippen LogP contribution in [0.1, 0.15) is 17.7 Å². The van der Waals surface area contributed by atoms with Crippen molar-refractivity contribution in [2.24, 2.45) is 0 Å². The summed E-state index contributed by atoms with van der Waals surface area (Å²) >= 11 is 0. The van der Waals surface area contributed by atoms with E-state index in [1.165, 1.54) is 0 Å². The lowest BCUT2D eigenvalue weighted by molar-refractivity contribution is -0.386. The Labute approximate surface area is 106 Å². The number of nitro groups is 1. The van der Waals surface area contributed by atoms with Gasteiger partial charge in [-0.1, -0.05) is 0 Å². The van der Waals surface area contributed by atoms with Crippen LogP contribution < -0.4 is 4.74 Å². The first kappa shape index (κ1) is 14.7. The smallest absolute Gasteiger partial charge is 0.311 e. The first-order valence-electron chi connectivity index (χ1n) is 4.97. The molecule has 1 aromatic rings. The predicted octanol–water partition coefficient (Wildman–Crippen LogP) is 1.65. The summed E-state index contributed by atoms with van der Waals surface area (Å²) in [6.45, 7) is 0. The summed E-state index contributed by atoms with van der Waals surface area (Å²) in [6, 6.07) is 0.648. The van der Waals surface area contributed by atoms with Gasteiger partial charge < -0.3 is 9.47 Å². The number of esters is 1. The number of hydrogen-bond donors (Lipinski definition) is 0. The Morgan fingerprint density at radius 3 is 2.58 bits per heavy atom. The number of nitrogens with zero attached hydrogens (tertiary/aromatic N) is 2. The molecule has 0 aliphatic heterocycles. The third kappa shape index (κ3) is 3.33. The van der Waals surface area contributed by atoms with Gasteiger partial charge in [0.25, 0.3) is 12.1 Å². The third-order valence-corrected chi connectivity index (χ3v) is 2.24. The number of carbonyl (C=O) groups excluding carboxylic acids is 1. The molecule has 0 aliphatic carbocycles. The van der Waals surface area contributed by atoms with Crippen molar-refractivity contribution in [1.29, 1.82) is 0 Å². The lowest BCUT2D eigenvalue weighted by Gasteiger charge is -2.09. The van der Waals surface area contributed by atoms with E-state index < -0.39 is 40.9 Å². The fourth-order valence-corrected chi connectivity index (χ4v) is 1.35. The van der Waals surface area contributed by atoms with E-state index >= 15 is 0 Å². The maximum absolute atomic E-state index is 12.7. The highest BCUT2D eigenvalue weighted by Gasteiger charge is 2.26. The van der Waals surface area contributed by atoms with Crippen molar-refractivity contribution in [2.45, 2.75) is 12.8 Å². The number of alkyl halides is 2. The summed E-state index contributed by atoms with van der Waals surface area (Å²) in [6.07, 6.45) is -3.49. The topological polar surface area (TPSA) is 91.6 Å². The fraction of sp³-hybridized carbons (Fsp3) is 0.400. The number of carbonyl (C=O) groups is 1. The zero-order valence-electron chi connectivity index (χ0n) is 10.1. The Hall–Kier alpha value is -2.32. The molecule has 0 spiro atoms. The second-order valence-corrected chi connectivity index (χ2v) is 3.36. The normalized spacial score (nSPS) is 10.4. The highest BCUT2D eigenvalue weighted by molar-refractivity contribution is 5.73. The van der Waals surface area contributed by atoms with Crippen LogP contribution in [0.4, 0.5) is 14.5 Å². The van der Waals surface area contributed by atoms with Gasteiger partial charge in [-0.15, -0.1) is 0 Å². The van der Waals surface area contributed by atoms with E-state index in [9.17, 15) is 23.7 Å². The Balaban J connectivity index is 3.36. The van der Waals surface area contributed by atoms with Gasteiger partial charge >= 0.3 is 5.97 Å². The largest absolute Gasteiger partial charge is 0.481 e. The molecule has 0 amide bonds. The molecule has 0 N–H and O–H groups in total. The van der Waals surface area contributed by atoms with Crippen LogP contribution in [0.15, 0.2) is 6.07 Å². The molecule has 0 saturated carbocycles. The van der Waals surface area contributed by atoms with E-state index in [4.69, 9.17) is 0 Å². The van der Waals surface area contributed by atoms with Crippen molar-refractivity contribution >= 4 is 11.7 Å². The molecule has 9 heteroatoms. The summed E-state index contributed by atoms with van der Waals surface area (Å²) in [5.74, 6) is -1.23. The van der Waals surface area contributed by atoms with E-state index in [2.05, 4.69) is 14.5 Å². The predicted molar refractivity (Wildman–Crippen MR) is 58.1 cm³/mol. The van der Waals surface area contributed by atoms with Crippen molar-refractivity contribution in [3.63, 3.8) is 0 Å². The summed E-state index contributed by atoms with van der Waals surface area (Å²) in [5.41, 5.74) is -1.68. The zero-order chi connectivity index (χ0) is 14.6. The molecule has 0 atom stereocenters. The van der Waals surface area contributed by atoms with E-state index in [1.54, 1.807) is 0 Å². The van der Waals surface area contributed by atoms with Crippen LogP contribution in [0.25, 0.3) is 0 Å². The molecule has 104 valence electrons. The van der Waals surface area contributed by atoms with Gasteiger partial charge in [-0.05, 0) is 0 Å². The van der Waals surface area contributed by atoms with E-state index in [0.29, 0.717) is 6.07 Å². The van der Waals surface area contributed by atoms with Gasteiger partial charge in [-0.3, -0.25) is 14.9 Å². The van der Waals surface area contributed by atoms with Crippen LogP contribution in [-0.4, -0.2) is 30.1 Å². The van der Waals surface area contributed by atoms with E-state index in [0.717, 1.165) is 14.2 Å². The SMILES string of the molecule is COC(=O)Cc1nc(OC)c(C(F)F)cc1[N+](=O)[O-]. The van der Waals surface area contributed by atoms with E-state index in [-0.39, 0.29) is 5.69 Å². The molecule has 19 heavy (non-hydrogen) atoms. The molecule has 7 nitrogen and oxygen atoms in total. The number of rotatable bonds is 5. The van der Waals surface area contributed by atoms with Gasteiger partial charge in [0.05, 0.1) is 31.1 Å². The van der Waals surface area contributed by atoms with Gasteiger partial charge in [-0.25, -0.2) is 13.8 Å². The van der Waals surface area contributed by atoms with Gasteiger partial charge in [0.1, 0.15) is 5.69 Å². The molecule has 1 rings (SSSR count). The van der Waals surface area contributed by atoms with Gasteiger partial charge in [0, 0.05) is 6.07 Å². The molecule has 0 aliphatic rings. The monoisotopic (exact) mass is 276 g/mol. The summed E-state index contributed by atoms with van der Waals surface area (Å²) in [4.78, 5) is 24.6. The molecule has 1 aromatic heterocycles. The number of halogens is 2. The first-order valence-corrected chi connectivity index (χ1v) is 4.97. The van der Waals surface area contributed by atoms with Crippen LogP contribution in [0.5, 0.6) is 5.88 Å². The number of aromatic nitrogens is 1. The highest BCUT2D eigenvalue weighted by atomic mass is 19.3. The zero-order valence-corrected chi connectivity index (χ0v) is 10.1. The number of hydrogen-bond acceptors (Lipinski definition) is 6. The van der Waals surface area contributed by atoms with Crippen LogP contribution in [0.3, 0.4) is 0 Å². The van der Waals surface area contributed by atoms with Crippen LogP contribution in [0.2, 0.25) is 0 Å². The van der Waals surface area contributed by atoms with Gasteiger partial charge in [-0.2, -0.15) is 0 Å². The molecule has 0 fully saturated rings. The first-order chi connectivity index (χ1) is 8.90. The van der Waals surface area contributed by atoms with Crippen LogP contribution in [0, 0.1) is 10.1 Å². The number of ether oxygens (including phenoxy) is 2. The average molecular weight is 276 g/mol. The fourth-order valence-electron chi connectivity index (χ4n) is 1.35. The Kier molecular flexibility index (Phi) is 4.67. The van der Waals surface area contributed by atoms with Crippen molar-refractivity contribution < 1.29 is 28.0 Å². The van der Waals surface area contributed by atoms with Crippen molar-refractivity contribution in [3.05, 3.63) is 27.4 Å². The number of pyridine rings is 1. The minimum atomic E-state index is -2.98. The van der Waals surface area contributed by atoms with Crippen molar-refractivity contribution in [1.82, 2.24) is 4.98 Å². The second kappa shape index (κ2) is 6.03. The van der Waals surface area contributed by atoms with Gasteiger partial charge in [0.2, 0.25) is 5.88 Å². The maximum Gasteiger partial charge on any atom is 0.311 e. The average Bonchev–Trinajstić information content (AvgIpc) is 2.37. The minimum absolute atomic E-state index is 0.293. The molecule has 0 saturated heterocycles. The second-order valence-electron chi connectivity index (χ2n) is 3.36. The molecule has 0 radical (unpaired) electrons. The molecular weight excluding hydrogens is 266 g/mol. The minimum Gasteiger partial charge on any atom is -0.481 e. The van der Waals surface area contributed by atoms with Crippen molar-refractivity contribution in [2.75, 3.05) is 14.2 Å².